The van der Waals surface area contributed by atoms with E-state index in [0.29, 0.717) is 0 Å². The number of aryl methyl sites for hydroxylation is 1. The van der Waals surface area contributed by atoms with Gasteiger partial charge in [0.2, 0.25) is 0 Å². The lowest BCUT2D eigenvalue weighted by Crippen LogP contribution is -2.00. The molecule has 1 N–H and O–H groups in total. The second-order valence-corrected chi connectivity index (χ2v) is 4.04. The number of aliphatic hydroxyl groups excluding tert-OH is 1. The molecule has 0 unspecified atom stereocenters. The summed E-state index contributed by atoms with van der Waals surface area (Å²) >= 11 is 0. The normalized spacial score (nSPS) is 10.7. The third-order valence-corrected chi connectivity index (χ3v) is 2.74. The fourth-order valence-electron chi connectivity index (χ4n) is 1.76. The molecule has 90 valence electrons. The number of aliphatic hydroxyl groups is 1. The van der Waals surface area contributed by atoms with Gasteiger partial charge in [0.15, 0.2) is 0 Å². The minimum atomic E-state index is 0.0142. The van der Waals surface area contributed by atoms with Gasteiger partial charge >= 0.3 is 0 Å². The van der Waals surface area contributed by atoms with Gasteiger partial charge in [-0.1, -0.05) is 36.8 Å². The van der Waals surface area contributed by atoms with Gasteiger partial charge in [-0.15, -0.1) is 5.10 Å². The number of hydrogen-bond donors (Lipinski definition) is 1. The first-order valence-corrected chi connectivity index (χ1v) is 5.95. The highest BCUT2D eigenvalue weighted by atomic mass is 16.3. The molecular weight excluding hydrogens is 214 g/mol. The van der Waals surface area contributed by atoms with Gasteiger partial charge in [-0.25, -0.2) is 4.68 Å². The molecule has 0 aliphatic carbocycles. The number of unbranched alkanes of at least 4 members (excludes halogenated alkanes) is 1. The van der Waals surface area contributed by atoms with Crippen molar-refractivity contribution in [3.05, 3.63) is 41.7 Å². The number of nitrogens with zero attached hydrogens (tertiary/aromatic N) is 3. The molecule has 0 atom stereocenters. The van der Waals surface area contributed by atoms with Crippen LogP contribution in [0.3, 0.4) is 0 Å². The molecule has 4 nitrogen and oxygen atoms in total. The standard InChI is InChI=1S/C13H17N3O/c1-2-3-7-12-9-16(15-14-12)13-8-5-4-6-11(13)10-17/h4-6,8-9,17H,2-3,7,10H2,1H3. The zero-order valence-corrected chi connectivity index (χ0v) is 10.0. The fourth-order valence-corrected chi connectivity index (χ4v) is 1.76. The molecule has 4 heteroatoms. The topological polar surface area (TPSA) is 50.9 Å². The maximum absolute atomic E-state index is 9.27. The Kier molecular flexibility index (Phi) is 3.88. The van der Waals surface area contributed by atoms with Crippen LogP contribution < -0.4 is 0 Å². The molecule has 0 saturated heterocycles. The second-order valence-electron chi connectivity index (χ2n) is 4.04. The summed E-state index contributed by atoms with van der Waals surface area (Å²) in [5.41, 5.74) is 2.75. The molecule has 0 bridgehead atoms. The van der Waals surface area contributed by atoms with Crippen molar-refractivity contribution in [3.8, 4) is 5.69 Å². The Morgan fingerprint density at radius 1 is 1.29 bits per heavy atom. The molecule has 1 heterocycles. The van der Waals surface area contributed by atoms with Gasteiger partial charge in [0.25, 0.3) is 0 Å². The van der Waals surface area contributed by atoms with Crippen LogP contribution in [-0.2, 0) is 13.0 Å². The molecule has 0 saturated carbocycles. The van der Waals surface area contributed by atoms with Crippen LogP contribution in [0.15, 0.2) is 30.5 Å². The molecule has 2 rings (SSSR count). The Morgan fingerprint density at radius 2 is 2.12 bits per heavy atom. The Bertz CT molecular complexity index is 479. The minimum absolute atomic E-state index is 0.0142. The van der Waals surface area contributed by atoms with E-state index in [1.54, 1.807) is 4.68 Å². The average molecular weight is 231 g/mol. The van der Waals surface area contributed by atoms with Gasteiger partial charge in [-0.3, -0.25) is 0 Å². The Morgan fingerprint density at radius 3 is 2.88 bits per heavy atom. The first-order valence-electron chi connectivity index (χ1n) is 5.95. The molecule has 0 aliphatic heterocycles. The summed E-state index contributed by atoms with van der Waals surface area (Å²) in [5, 5.41) is 17.5. The lowest BCUT2D eigenvalue weighted by molar-refractivity contribution is 0.281. The van der Waals surface area contributed by atoms with E-state index >= 15 is 0 Å². The number of aromatic nitrogens is 3. The first kappa shape index (κ1) is 11.8. The van der Waals surface area contributed by atoms with Crippen LogP contribution in [-0.4, -0.2) is 20.1 Å². The summed E-state index contributed by atoms with van der Waals surface area (Å²) < 4.78 is 1.73. The molecule has 0 amide bonds. The Balaban J connectivity index is 2.24. The highest BCUT2D eigenvalue weighted by molar-refractivity contribution is 5.39. The van der Waals surface area contributed by atoms with Gasteiger partial charge < -0.3 is 5.11 Å². The predicted octanol–water partition coefficient (Wildman–Crippen LogP) is 2.10. The number of hydrogen-bond acceptors (Lipinski definition) is 3. The van der Waals surface area contributed by atoms with Gasteiger partial charge in [0.05, 0.1) is 24.2 Å². The first-order chi connectivity index (χ1) is 8.35. The maximum Gasteiger partial charge on any atom is 0.0831 e. The van der Waals surface area contributed by atoms with Crippen molar-refractivity contribution in [2.75, 3.05) is 0 Å². The van der Waals surface area contributed by atoms with Gasteiger partial charge in [-0.2, -0.15) is 0 Å². The number of rotatable bonds is 5. The van der Waals surface area contributed by atoms with E-state index in [1.807, 2.05) is 30.5 Å². The van der Waals surface area contributed by atoms with Crippen LogP contribution in [0.1, 0.15) is 31.0 Å². The molecule has 0 fully saturated rings. The van der Waals surface area contributed by atoms with Crippen LogP contribution in [0.25, 0.3) is 5.69 Å². The Hall–Kier alpha value is -1.68. The second kappa shape index (κ2) is 5.59. The van der Waals surface area contributed by atoms with Crippen molar-refractivity contribution in [1.29, 1.82) is 0 Å². The van der Waals surface area contributed by atoms with E-state index in [9.17, 15) is 5.11 Å². The van der Waals surface area contributed by atoms with Crippen LogP contribution in [0.4, 0.5) is 0 Å². The summed E-state index contributed by atoms with van der Waals surface area (Å²) in [6.07, 6.45) is 5.17. The quantitative estimate of drug-likeness (QED) is 0.857. The molecule has 0 aliphatic rings. The summed E-state index contributed by atoms with van der Waals surface area (Å²) in [6, 6.07) is 7.67. The number of para-hydroxylation sites is 1. The third-order valence-electron chi connectivity index (χ3n) is 2.74. The predicted molar refractivity (Wildman–Crippen MR) is 65.9 cm³/mol. The highest BCUT2D eigenvalue weighted by Gasteiger charge is 2.06. The van der Waals surface area contributed by atoms with Gasteiger partial charge in [0, 0.05) is 5.56 Å². The Labute approximate surface area is 101 Å². The summed E-state index contributed by atoms with van der Waals surface area (Å²) in [5.74, 6) is 0. The lowest BCUT2D eigenvalue weighted by Gasteiger charge is -2.05. The fraction of sp³-hybridized carbons (Fsp3) is 0.385. The van der Waals surface area contributed by atoms with E-state index in [4.69, 9.17) is 0 Å². The molecular formula is C13H17N3O. The largest absolute Gasteiger partial charge is 0.392 e. The van der Waals surface area contributed by atoms with Crippen molar-refractivity contribution in [2.24, 2.45) is 0 Å². The van der Waals surface area contributed by atoms with E-state index in [2.05, 4.69) is 17.2 Å². The van der Waals surface area contributed by atoms with Crippen LogP contribution in [0.5, 0.6) is 0 Å². The number of benzene rings is 1. The van der Waals surface area contributed by atoms with Gasteiger partial charge in [-0.05, 0) is 18.9 Å². The maximum atomic E-state index is 9.27. The van der Waals surface area contributed by atoms with Crippen LogP contribution in [0.2, 0.25) is 0 Å². The summed E-state index contributed by atoms with van der Waals surface area (Å²) in [4.78, 5) is 0. The van der Waals surface area contributed by atoms with Crippen molar-refractivity contribution in [3.63, 3.8) is 0 Å². The van der Waals surface area contributed by atoms with Crippen molar-refractivity contribution < 1.29 is 5.11 Å². The molecule has 1 aromatic heterocycles. The van der Waals surface area contributed by atoms with Gasteiger partial charge in [0.1, 0.15) is 0 Å². The molecule has 0 spiro atoms. The van der Waals surface area contributed by atoms with Crippen molar-refractivity contribution >= 4 is 0 Å². The average Bonchev–Trinajstić information content (AvgIpc) is 2.85. The zero-order valence-electron chi connectivity index (χ0n) is 10.0. The van der Waals surface area contributed by atoms with E-state index in [1.165, 1.54) is 0 Å². The lowest BCUT2D eigenvalue weighted by atomic mass is 10.2. The van der Waals surface area contributed by atoms with Crippen molar-refractivity contribution in [1.82, 2.24) is 15.0 Å². The van der Waals surface area contributed by atoms with E-state index in [-0.39, 0.29) is 6.61 Å². The van der Waals surface area contributed by atoms with Crippen LogP contribution in [0, 0.1) is 0 Å². The molecule has 17 heavy (non-hydrogen) atoms. The summed E-state index contributed by atoms with van der Waals surface area (Å²) in [6.45, 7) is 2.17. The van der Waals surface area contributed by atoms with Crippen LogP contribution >= 0.6 is 0 Å². The van der Waals surface area contributed by atoms with E-state index < -0.39 is 0 Å². The third kappa shape index (κ3) is 2.71. The summed E-state index contributed by atoms with van der Waals surface area (Å²) in [7, 11) is 0. The molecule has 1 aromatic carbocycles. The smallest absolute Gasteiger partial charge is 0.0831 e. The molecule has 0 radical (unpaired) electrons. The SMILES string of the molecule is CCCCc1cn(-c2ccccc2CO)nn1. The zero-order chi connectivity index (χ0) is 12.1. The van der Waals surface area contributed by atoms with Crippen molar-refractivity contribution in [2.45, 2.75) is 32.8 Å². The van der Waals surface area contributed by atoms with E-state index in [0.717, 1.165) is 36.2 Å². The highest BCUT2D eigenvalue weighted by Crippen LogP contribution is 2.14. The molecule has 2 aromatic rings. The monoisotopic (exact) mass is 231 g/mol. The minimum Gasteiger partial charge on any atom is -0.392 e.